The van der Waals surface area contributed by atoms with Crippen molar-refractivity contribution in [2.24, 2.45) is 0 Å². The number of rotatable bonds is 7. The number of hydrogen-bond acceptors (Lipinski definition) is 3. The molecule has 0 unspecified atom stereocenters. The molecule has 1 amide bonds. The molecule has 0 radical (unpaired) electrons. The summed E-state index contributed by atoms with van der Waals surface area (Å²) in [6.45, 7) is 1.05. The number of nitrogens with zero attached hydrogens (tertiary/aromatic N) is 1. The molecular weight excluding hydrogens is 290 g/mol. The first-order valence-corrected chi connectivity index (χ1v) is 8.84. The highest BCUT2D eigenvalue weighted by molar-refractivity contribution is 5.95. The molecule has 2 fully saturated rings. The van der Waals surface area contributed by atoms with Gasteiger partial charge in [-0.2, -0.15) is 0 Å². The second-order valence-corrected chi connectivity index (χ2v) is 6.60. The lowest BCUT2D eigenvalue weighted by molar-refractivity contribution is 0.0613. The molecule has 1 aromatic rings. The van der Waals surface area contributed by atoms with Crippen molar-refractivity contribution < 1.29 is 14.3 Å². The maximum Gasteiger partial charge on any atom is 0.254 e. The number of benzene rings is 1. The van der Waals surface area contributed by atoms with E-state index in [4.69, 9.17) is 9.47 Å². The van der Waals surface area contributed by atoms with E-state index in [9.17, 15) is 4.79 Å². The third-order valence-corrected chi connectivity index (χ3v) is 4.78. The molecule has 23 heavy (non-hydrogen) atoms. The van der Waals surface area contributed by atoms with Gasteiger partial charge >= 0.3 is 0 Å². The Morgan fingerprint density at radius 3 is 2.52 bits per heavy atom. The number of carbonyl (C=O) groups excluding carboxylic acids is 1. The van der Waals surface area contributed by atoms with E-state index in [-0.39, 0.29) is 5.91 Å². The Morgan fingerprint density at radius 1 is 1.09 bits per heavy atom. The first-order chi connectivity index (χ1) is 11.3. The number of ether oxygens (including phenoxy) is 2. The SMILES string of the molecule is COCCOc1cccc(C(=O)N(C2CCCCC2)C2CC2)c1. The minimum Gasteiger partial charge on any atom is -0.491 e. The van der Waals surface area contributed by atoms with E-state index in [2.05, 4.69) is 4.90 Å². The smallest absolute Gasteiger partial charge is 0.254 e. The summed E-state index contributed by atoms with van der Waals surface area (Å²) in [5.41, 5.74) is 0.748. The van der Waals surface area contributed by atoms with E-state index >= 15 is 0 Å². The van der Waals surface area contributed by atoms with E-state index < -0.39 is 0 Å². The molecule has 3 rings (SSSR count). The highest BCUT2D eigenvalue weighted by Gasteiger charge is 2.38. The molecule has 126 valence electrons. The fourth-order valence-corrected chi connectivity index (χ4v) is 3.45. The lowest BCUT2D eigenvalue weighted by Gasteiger charge is -2.34. The molecular formula is C19H27NO3. The van der Waals surface area contributed by atoms with Crippen molar-refractivity contribution >= 4 is 5.91 Å². The van der Waals surface area contributed by atoms with Crippen LogP contribution in [0, 0.1) is 0 Å². The summed E-state index contributed by atoms with van der Waals surface area (Å²) in [5, 5.41) is 0. The van der Waals surface area contributed by atoms with Gasteiger partial charge in [0, 0.05) is 24.8 Å². The average Bonchev–Trinajstić information content (AvgIpc) is 3.41. The Balaban J connectivity index is 1.70. The van der Waals surface area contributed by atoms with Crippen LogP contribution in [0.5, 0.6) is 5.75 Å². The van der Waals surface area contributed by atoms with Gasteiger partial charge in [0.05, 0.1) is 6.61 Å². The Bertz CT molecular complexity index is 521. The molecule has 0 aliphatic heterocycles. The predicted octanol–water partition coefficient (Wildman–Crippen LogP) is 3.65. The van der Waals surface area contributed by atoms with E-state index in [0.29, 0.717) is 25.3 Å². The van der Waals surface area contributed by atoms with Crippen LogP contribution in [0.2, 0.25) is 0 Å². The zero-order chi connectivity index (χ0) is 16.1. The molecule has 0 N–H and O–H groups in total. The van der Waals surface area contributed by atoms with Crippen LogP contribution in [-0.4, -0.2) is 43.2 Å². The van der Waals surface area contributed by atoms with Crippen LogP contribution in [0.1, 0.15) is 55.3 Å². The van der Waals surface area contributed by atoms with E-state index in [1.54, 1.807) is 7.11 Å². The fraction of sp³-hybridized carbons (Fsp3) is 0.632. The minimum absolute atomic E-state index is 0.177. The molecule has 1 aromatic carbocycles. The maximum atomic E-state index is 13.1. The molecule has 0 atom stereocenters. The summed E-state index contributed by atoms with van der Waals surface area (Å²) in [6, 6.07) is 8.47. The molecule has 0 heterocycles. The molecule has 0 saturated heterocycles. The van der Waals surface area contributed by atoms with Crippen molar-refractivity contribution in [3.63, 3.8) is 0 Å². The van der Waals surface area contributed by atoms with Crippen LogP contribution in [0.25, 0.3) is 0 Å². The Morgan fingerprint density at radius 2 is 1.83 bits per heavy atom. The lowest BCUT2D eigenvalue weighted by Crippen LogP contribution is -2.43. The van der Waals surface area contributed by atoms with Gasteiger partial charge in [-0.3, -0.25) is 4.79 Å². The zero-order valence-corrected chi connectivity index (χ0v) is 14.0. The molecule has 0 spiro atoms. The van der Waals surface area contributed by atoms with Gasteiger partial charge in [-0.1, -0.05) is 25.3 Å². The molecule has 0 bridgehead atoms. The van der Waals surface area contributed by atoms with Crippen LogP contribution in [-0.2, 0) is 4.74 Å². The largest absolute Gasteiger partial charge is 0.491 e. The summed E-state index contributed by atoms with van der Waals surface area (Å²) >= 11 is 0. The molecule has 4 heteroatoms. The first kappa shape index (κ1) is 16.3. The van der Waals surface area contributed by atoms with Crippen LogP contribution in [0.15, 0.2) is 24.3 Å². The number of amides is 1. The minimum atomic E-state index is 0.177. The third-order valence-electron chi connectivity index (χ3n) is 4.78. The number of hydrogen-bond donors (Lipinski definition) is 0. The molecule has 2 aliphatic rings. The Hall–Kier alpha value is -1.55. The summed E-state index contributed by atoms with van der Waals surface area (Å²) in [4.78, 5) is 15.2. The average molecular weight is 317 g/mol. The Labute approximate surface area is 138 Å². The van der Waals surface area contributed by atoms with Gasteiger partial charge in [0.1, 0.15) is 12.4 Å². The van der Waals surface area contributed by atoms with E-state index in [0.717, 1.165) is 37.0 Å². The zero-order valence-electron chi connectivity index (χ0n) is 14.0. The highest BCUT2D eigenvalue weighted by Crippen LogP contribution is 2.35. The van der Waals surface area contributed by atoms with Gasteiger partial charge in [-0.05, 0) is 43.9 Å². The van der Waals surface area contributed by atoms with Crippen molar-refractivity contribution in [3.8, 4) is 5.75 Å². The predicted molar refractivity (Wildman–Crippen MR) is 89.9 cm³/mol. The highest BCUT2D eigenvalue weighted by atomic mass is 16.5. The van der Waals surface area contributed by atoms with Gasteiger partial charge in [-0.15, -0.1) is 0 Å². The van der Waals surface area contributed by atoms with Crippen molar-refractivity contribution in [3.05, 3.63) is 29.8 Å². The third kappa shape index (κ3) is 4.25. The van der Waals surface area contributed by atoms with Gasteiger partial charge in [0.25, 0.3) is 5.91 Å². The van der Waals surface area contributed by atoms with E-state index in [1.807, 2.05) is 24.3 Å². The topological polar surface area (TPSA) is 38.8 Å². The molecule has 4 nitrogen and oxygen atoms in total. The van der Waals surface area contributed by atoms with Crippen LogP contribution >= 0.6 is 0 Å². The molecule has 0 aromatic heterocycles. The van der Waals surface area contributed by atoms with Crippen LogP contribution in [0.3, 0.4) is 0 Å². The second-order valence-electron chi connectivity index (χ2n) is 6.60. The first-order valence-electron chi connectivity index (χ1n) is 8.84. The summed E-state index contributed by atoms with van der Waals surface area (Å²) in [7, 11) is 1.65. The standard InChI is InChI=1S/C19H27NO3/c1-22-12-13-23-18-9-5-6-15(14-18)19(21)20(17-10-11-17)16-7-3-2-4-8-16/h5-6,9,14,16-17H,2-4,7-8,10-13H2,1H3. The summed E-state index contributed by atoms with van der Waals surface area (Å²) < 4.78 is 10.6. The van der Waals surface area contributed by atoms with Gasteiger partial charge in [-0.25, -0.2) is 0 Å². The second kappa shape index (κ2) is 7.82. The van der Waals surface area contributed by atoms with Crippen molar-refractivity contribution in [1.29, 1.82) is 0 Å². The van der Waals surface area contributed by atoms with Gasteiger partial charge in [0.2, 0.25) is 0 Å². The molecule has 2 aliphatic carbocycles. The quantitative estimate of drug-likeness (QED) is 0.721. The molecule has 2 saturated carbocycles. The fourth-order valence-electron chi connectivity index (χ4n) is 3.45. The van der Waals surface area contributed by atoms with Crippen molar-refractivity contribution in [2.45, 2.75) is 57.0 Å². The van der Waals surface area contributed by atoms with Crippen molar-refractivity contribution in [1.82, 2.24) is 4.90 Å². The lowest BCUT2D eigenvalue weighted by atomic mass is 9.93. The van der Waals surface area contributed by atoms with E-state index in [1.165, 1.54) is 19.3 Å². The number of methoxy groups -OCH3 is 1. The van der Waals surface area contributed by atoms with Crippen molar-refractivity contribution in [2.75, 3.05) is 20.3 Å². The van der Waals surface area contributed by atoms with Crippen LogP contribution in [0.4, 0.5) is 0 Å². The summed E-state index contributed by atoms with van der Waals surface area (Å²) in [5.74, 6) is 0.920. The van der Waals surface area contributed by atoms with Gasteiger partial charge < -0.3 is 14.4 Å². The monoisotopic (exact) mass is 317 g/mol. The Kier molecular flexibility index (Phi) is 5.55. The summed E-state index contributed by atoms with van der Waals surface area (Å²) in [6.07, 6.45) is 8.45. The normalized spacial score (nSPS) is 18.7. The maximum absolute atomic E-state index is 13.1. The van der Waals surface area contributed by atoms with Gasteiger partial charge in [0.15, 0.2) is 0 Å². The number of carbonyl (C=O) groups is 1. The van der Waals surface area contributed by atoms with Crippen LogP contribution < -0.4 is 4.74 Å².